The zero-order valence-corrected chi connectivity index (χ0v) is 23.1. The highest BCUT2D eigenvalue weighted by Gasteiger charge is 2.28. The summed E-state index contributed by atoms with van der Waals surface area (Å²) in [5.74, 6) is -4.90. The van der Waals surface area contributed by atoms with Gasteiger partial charge >= 0.3 is 5.97 Å². The maximum absolute atomic E-state index is 12.7. The van der Waals surface area contributed by atoms with Crippen LogP contribution in [0.15, 0.2) is 9.98 Å². The number of carboxylic acid groups (broad SMARTS) is 1. The lowest BCUT2D eigenvalue weighted by atomic mass is 10.1. The molecular formula is C21H41N11O7S. The van der Waals surface area contributed by atoms with E-state index in [-0.39, 0.29) is 56.4 Å². The van der Waals surface area contributed by atoms with Crippen LogP contribution in [-0.2, 0) is 24.0 Å². The van der Waals surface area contributed by atoms with Crippen molar-refractivity contribution < 1.29 is 34.2 Å². The number of hydrogen-bond acceptors (Lipinski definition) is 10. The largest absolute Gasteiger partial charge is 0.480 e. The number of nitrogens with one attached hydrogen (secondary N) is 4. The number of aliphatic hydroxyl groups is 1. The number of hydrogen-bond donors (Lipinski definition) is 12. The lowest BCUT2D eigenvalue weighted by Crippen LogP contribution is -2.56. The van der Waals surface area contributed by atoms with Gasteiger partial charge in [-0.15, -0.1) is 0 Å². The Kier molecular flexibility index (Phi) is 17.4. The Morgan fingerprint density at radius 1 is 0.800 bits per heavy atom. The summed E-state index contributed by atoms with van der Waals surface area (Å²) in [6.07, 6.45) is -0.532. The minimum absolute atomic E-state index is 0.0240. The van der Waals surface area contributed by atoms with E-state index in [0.717, 1.165) is 0 Å². The summed E-state index contributed by atoms with van der Waals surface area (Å²) in [4.78, 5) is 68.9. The summed E-state index contributed by atoms with van der Waals surface area (Å²) in [7, 11) is 0. The van der Waals surface area contributed by atoms with Crippen LogP contribution in [0, 0.1) is 0 Å². The standard InChI is InChI=1S/C21H41N11O7S/c1-10(33)15(22)18(37)31-11(4-2-6-27-20(23)24)16(35)29-8-14(34)30-13(9-40)17(36)32-12(19(38)39)5-3-7-28-21(25)26/h10-13,15,33,40H,2-9,22H2,1H3,(H,29,35)(H,30,34)(H,31,37)(H,32,36)(H,38,39)(H4,23,24,27)(H4,25,26,28)/t10-,11-,12+,13+,15+/m1/s1. The summed E-state index contributed by atoms with van der Waals surface area (Å²) in [6.45, 7) is 1.05. The number of carbonyl (C=O) groups is 5. The molecule has 0 aliphatic carbocycles. The molecule has 0 fully saturated rings. The second-order valence-electron chi connectivity index (χ2n) is 8.65. The molecule has 228 valence electrons. The highest BCUT2D eigenvalue weighted by Crippen LogP contribution is 2.02. The molecule has 0 aromatic heterocycles. The van der Waals surface area contributed by atoms with Gasteiger partial charge in [0.1, 0.15) is 24.2 Å². The summed E-state index contributed by atoms with van der Waals surface area (Å²) in [5, 5.41) is 28.3. The second kappa shape index (κ2) is 19.3. The third-order valence-corrected chi connectivity index (χ3v) is 5.58. The summed E-state index contributed by atoms with van der Waals surface area (Å²) in [5.41, 5.74) is 26.6. The predicted molar refractivity (Wildman–Crippen MR) is 150 cm³/mol. The topological polar surface area (TPSA) is 329 Å². The molecule has 19 heteroatoms. The van der Waals surface area contributed by atoms with Crippen molar-refractivity contribution in [2.24, 2.45) is 38.7 Å². The van der Waals surface area contributed by atoms with Gasteiger partial charge in [-0.3, -0.25) is 29.2 Å². The zero-order chi connectivity index (χ0) is 30.8. The van der Waals surface area contributed by atoms with Gasteiger partial charge in [-0.2, -0.15) is 12.6 Å². The van der Waals surface area contributed by atoms with Crippen LogP contribution in [0.4, 0.5) is 0 Å². The number of aliphatic hydroxyl groups excluding tert-OH is 1. The van der Waals surface area contributed by atoms with E-state index in [4.69, 9.17) is 28.7 Å². The van der Waals surface area contributed by atoms with Crippen LogP contribution in [0.1, 0.15) is 32.6 Å². The molecule has 0 rings (SSSR count). The monoisotopic (exact) mass is 591 g/mol. The molecule has 18 nitrogen and oxygen atoms in total. The van der Waals surface area contributed by atoms with Crippen molar-refractivity contribution >= 4 is 54.1 Å². The van der Waals surface area contributed by atoms with Gasteiger partial charge in [0.15, 0.2) is 11.9 Å². The van der Waals surface area contributed by atoms with Crippen molar-refractivity contribution in [3.05, 3.63) is 0 Å². The fourth-order valence-corrected chi connectivity index (χ4v) is 3.28. The fraction of sp³-hybridized carbons (Fsp3) is 0.667. The van der Waals surface area contributed by atoms with Gasteiger partial charge < -0.3 is 60.1 Å². The lowest BCUT2D eigenvalue weighted by molar-refractivity contribution is -0.142. The van der Waals surface area contributed by atoms with Gasteiger partial charge in [0.05, 0.1) is 12.6 Å². The number of aliphatic imine (C=N–C) groups is 2. The summed E-state index contributed by atoms with van der Waals surface area (Å²) >= 11 is 4.02. The molecule has 0 aliphatic heterocycles. The van der Waals surface area contributed by atoms with Crippen LogP contribution in [-0.4, -0.2) is 107 Å². The third-order valence-electron chi connectivity index (χ3n) is 5.22. The molecule has 0 spiro atoms. The number of nitrogens with two attached hydrogens (primary N) is 5. The van der Waals surface area contributed by atoms with Crippen molar-refractivity contribution in [1.29, 1.82) is 0 Å². The average molecular weight is 592 g/mol. The molecule has 0 saturated heterocycles. The minimum atomic E-state index is -1.30. The molecule has 0 aromatic carbocycles. The van der Waals surface area contributed by atoms with Crippen molar-refractivity contribution in [3.63, 3.8) is 0 Å². The van der Waals surface area contributed by atoms with Gasteiger partial charge in [-0.05, 0) is 32.6 Å². The Labute approximate surface area is 236 Å². The first-order valence-electron chi connectivity index (χ1n) is 12.2. The van der Waals surface area contributed by atoms with E-state index < -0.39 is 66.4 Å². The minimum Gasteiger partial charge on any atom is -0.480 e. The van der Waals surface area contributed by atoms with Crippen molar-refractivity contribution in [2.45, 2.75) is 62.9 Å². The summed E-state index contributed by atoms with van der Waals surface area (Å²) < 4.78 is 0. The van der Waals surface area contributed by atoms with E-state index >= 15 is 0 Å². The van der Waals surface area contributed by atoms with Gasteiger partial charge in [0.2, 0.25) is 23.6 Å². The Morgan fingerprint density at radius 3 is 1.75 bits per heavy atom. The molecule has 0 unspecified atom stereocenters. The SMILES string of the molecule is C[C@@H](O)[C@H](N)C(=O)N[C@H](CCCN=C(N)N)C(=O)NCC(=O)N[C@@H](CS)C(=O)N[C@@H](CCCN=C(N)N)C(=O)O. The van der Waals surface area contributed by atoms with Gasteiger partial charge in [0.25, 0.3) is 0 Å². The molecule has 0 heterocycles. The van der Waals surface area contributed by atoms with E-state index in [1.165, 1.54) is 6.92 Å². The number of aliphatic carboxylic acids is 1. The van der Waals surface area contributed by atoms with Crippen LogP contribution in [0.2, 0.25) is 0 Å². The smallest absolute Gasteiger partial charge is 0.326 e. The van der Waals surface area contributed by atoms with Crippen LogP contribution >= 0.6 is 12.6 Å². The van der Waals surface area contributed by atoms with Gasteiger partial charge in [-0.1, -0.05) is 0 Å². The number of thiol groups is 1. The number of carbonyl (C=O) groups excluding carboxylic acids is 4. The first kappa shape index (κ1) is 36.2. The molecule has 0 bridgehead atoms. The Balaban J connectivity index is 5.09. The molecule has 0 aromatic rings. The van der Waals surface area contributed by atoms with Crippen LogP contribution in [0.5, 0.6) is 0 Å². The highest BCUT2D eigenvalue weighted by molar-refractivity contribution is 7.80. The lowest BCUT2D eigenvalue weighted by Gasteiger charge is -2.22. The Bertz CT molecular complexity index is 925. The van der Waals surface area contributed by atoms with E-state index in [9.17, 15) is 34.2 Å². The van der Waals surface area contributed by atoms with Gasteiger partial charge in [-0.25, -0.2) is 4.79 Å². The molecule has 0 saturated carbocycles. The maximum atomic E-state index is 12.7. The van der Waals surface area contributed by atoms with Gasteiger partial charge in [0, 0.05) is 18.8 Å². The predicted octanol–water partition coefficient (Wildman–Crippen LogP) is -5.61. The molecule has 0 aliphatic rings. The molecule has 40 heavy (non-hydrogen) atoms. The molecule has 5 atom stereocenters. The first-order valence-corrected chi connectivity index (χ1v) is 12.9. The number of guanidine groups is 2. The maximum Gasteiger partial charge on any atom is 0.326 e. The van der Waals surface area contributed by atoms with Crippen LogP contribution < -0.4 is 49.9 Å². The van der Waals surface area contributed by atoms with Crippen molar-refractivity contribution in [2.75, 3.05) is 25.4 Å². The molecular weight excluding hydrogens is 550 g/mol. The summed E-state index contributed by atoms with van der Waals surface area (Å²) in [6, 6.07) is -4.92. The fourth-order valence-electron chi connectivity index (χ4n) is 3.02. The quantitative estimate of drug-likeness (QED) is 0.0289. The van der Waals surface area contributed by atoms with Crippen molar-refractivity contribution in [1.82, 2.24) is 21.3 Å². The van der Waals surface area contributed by atoms with E-state index in [1.54, 1.807) is 0 Å². The molecule has 16 N–H and O–H groups in total. The number of nitrogens with zero attached hydrogens (tertiary/aromatic N) is 2. The molecule has 4 amide bonds. The Hall–Kier alpha value is -3.84. The van der Waals surface area contributed by atoms with E-state index in [0.29, 0.717) is 0 Å². The normalized spacial score (nSPS) is 14.3. The number of carboxylic acids is 1. The Morgan fingerprint density at radius 2 is 1.30 bits per heavy atom. The zero-order valence-electron chi connectivity index (χ0n) is 22.2. The molecule has 0 radical (unpaired) electrons. The second-order valence-corrected chi connectivity index (χ2v) is 9.01. The van der Waals surface area contributed by atoms with Crippen LogP contribution in [0.3, 0.4) is 0 Å². The first-order chi connectivity index (χ1) is 18.7. The van der Waals surface area contributed by atoms with E-state index in [2.05, 4.69) is 43.9 Å². The number of rotatable bonds is 19. The van der Waals surface area contributed by atoms with Crippen LogP contribution in [0.25, 0.3) is 0 Å². The third kappa shape index (κ3) is 15.5. The van der Waals surface area contributed by atoms with Crippen molar-refractivity contribution in [3.8, 4) is 0 Å². The average Bonchev–Trinajstić information content (AvgIpc) is 2.87. The number of amides is 4. The highest BCUT2D eigenvalue weighted by atomic mass is 32.1. The van der Waals surface area contributed by atoms with E-state index in [1.807, 2.05) is 0 Å².